The molecule has 1 aliphatic rings. The molecule has 8 heteroatoms. The maximum atomic E-state index is 12.9. The summed E-state index contributed by atoms with van der Waals surface area (Å²) in [5.74, 6) is -0.0975. The van der Waals surface area contributed by atoms with Gasteiger partial charge in [-0.15, -0.1) is 0 Å². The zero-order valence-electron chi connectivity index (χ0n) is 14.8. The highest BCUT2D eigenvalue weighted by Gasteiger charge is 2.26. The second-order valence-corrected chi connectivity index (χ2v) is 7.18. The minimum atomic E-state index is -0.517. The van der Waals surface area contributed by atoms with Gasteiger partial charge in [-0.1, -0.05) is 35.6 Å². The van der Waals surface area contributed by atoms with Gasteiger partial charge in [0.1, 0.15) is 5.69 Å². The van der Waals surface area contributed by atoms with Gasteiger partial charge in [0.2, 0.25) is 0 Å². The number of nitrogens with zero attached hydrogens (tertiary/aromatic N) is 3. The van der Waals surface area contributed by atoms with Crippen molar-refractivity contribution < 1.29 is 14.3 Å². The van der Waals surface area contributed by atoms with E-state index in [1.54, 1.807) is 17.9 Å². The zero-order chi connectivity index (χ0) is 18.8. The highest BCUT2D eigenvalue weighted by Crippen LogP contribution is 2.29. The highest BCUT2D eigenvalue weighted by molar-refractivity contribution is 7.15. The Morgan fingerprint density at radius 3 is 2.93 bits per heavy atom. The molecular formula is C19H18N4O3S. The number of amides is 2. The van der Waals surface area contributed by atoms with Crippen LogP contribution < -0.4 is 5.32 Å². The second kappa shape index (κ2) is 7.32. The van der Waals surface area contributed by atoms with Crippen molar-refractivity contribution >= 4 is 39.4 Å². The van der Waals surface area contributed by atoms with Gasteiger partial charge < -0.3 is 9.64 Å². The van der Waals surface area contributed by atoms with Gasteiger partial charge in [0, 0.05) is 23.2 Å². The van der Waals surface area contributed by atoms with Crippen molar-refractivity contribution in [2.45, 2.75) is 19.9 Å². The van der Waals surface area contributed by atoms with Gasteiger partial charge in [-0.2, -0.15) is 0 Å². The maximum absolute atomic E-state index is 12.9. The molecule has 27 heavy (non-hydrogen) atoms. The lowest BCUT2D eigenvalue weighted by atomic mass is 10.1. The van der Waals surface area contributed by atoms with Crippen LogP contribution in [0.15, 0.2) is 36.4 Å². The number of anilines is 1. The molecule has 0 radical (unpaired) electrons. The number of aromatic nitrogens is 2. The first-order valence-corrected chi connectivity index (χ1v) is 9.53. The molecule has 0 bridgehead atoms. The molecular weight excluding hydrogens is 364 g/mol. The smallest absolute Gasteiger partial charge is 0.413 e. The van der Waals surface area contributed by atoms with Gasteiger partial charge in [0.25, 0.3) is 5.91 Å². The van der Waals surface area contributed by atoms with E-state index in [0.717, 1.165) is 21.5 Å². The molecule has 0 unspecified atom stereocenters. The van der Waals surface area contributed by atoms with E-state index < -0.39 is 6.09 Å². The lowest BCUT2D eigenvalue weighted by Gasteiger charge is -2.25. The molecule has 1 aromatic carbocycles. The van der Waals surface area contributed by atoms with Crippen molar-refractivity contribution in [2.75, 3.05) is 18.5 Å². The first-order chi connectivity index (χ1) is 13.1. The number of nitrogens with one attached hydrogen (secondary N) is 1. The summed E-state index contributed by atoms with van der Waals surface area (Å²) < 4.78 is 4.87. The summed E-state index contributed by atoms with van der Waals surface area (Å²) in [5, 5.41) is 4.13. The van der Waals surface area contributed by atoms with E-state index in [9.17, 15) is 9.59 Å². The molecule has 1 aliphatic heterocycles. The van der Waals surface area contributed by atoms with E-state index >= 15 is 0 Å². The number of carbonyl (C=O) groups excluding carboxylic acids is 2. The van der Waals surface area contributed by atoms with Crippen molar-refractivity contribution in [3.05, 3.63) is 52.7 Å². The summed E-state index contributed by atoms with van der Waals surface area (Å²) in [6.07, 6.45) is 0.132. The van der Waals surface area contributed by atoms with E-state index in [1.807, 2.05) is 30.3 Å². The summed E-state index contributed by atoms with van der Waals surface area (Å²) in [6, 6.07) is 11.4. The van der Waals surface area contributed by atoms with Crippen LogP contribution >= 0.6 is 11.3 Å². The SMILES string of the molecule is CCOC(=O)Nc1nc2c(s1)CN(C(=O)c1ccc3ccccc3n1)CC2. The van der Waals surface area contributed by atoms with Crippen LogP contribution in [-0.4, -0.2) is 40.0 Å². The average Bonchev–Trinajstić information content (AvgIpc) is 3.08. The summed E-state index contributed by atoms with van der Waals surface area (Å²) in [7, 11) is 0. The Morgan fingerprint density at radius 1 is 1.22 bits per heavy atom. The molecule has 0 saturated heterocycles. The standard InChI is InChI=1S/C19H18N4O3S/c1-2-26-19(25)22-18-21-14-9-10-23(11-16(14)27-18)17(24)15-8-7-12-5-3-4-6-13(12)20-15/h3-8H,2,9-11H2,1H3,(H,21,22,25). The Labute approximate surface area is 160 Å². The van der Waals surface area contributed by atoms with Crippen molar-refractivity contribution in [3.63, 3.8) is 0 Å². The number of fused-ring (bicyclic) bond motifs is 2. The number of carbonyl (C=O) groups is 2. The minimum absolute atomic E-state index is 0.0975. The quantitative estimate of drug-likeness (QED) is 0.750. The first-order valence-electron chi connectivity index (χ1n) is 8.71. The number of thiazole rings is 1. The molecule has 0 aliphatic carbocycles. The average molecular weight is 382 g/mol. The Kier molecular flexibility index (Phi) is 4.72. The van der Waals surface area contributed by atoms with Crippen LogP contribution in [0.3, 0.4) is 0 Å². The van der Waals surface area contributed by atoms with Crippen molar-refractivity contribution in [1.29, 1.82) is 0 Å². The van der Waals surface area contributed by atoms with Crippen LogP contribution in [0, 0.1) is 0 Å². The lowest BCUT2D eigenvalue weighted by Crippen LogP contribution is -2.35. The predicted molar refractivity (Wildman–Crippen MR) is 103 cm³/mol. The van der Waals surface area contributed by atoms with Crippen molar-refractivity contribution in [1.82, 2.24) is 14.9 Å². The molecule has 138 valence electrons. The number of pyridine rings is 1. The zero-order valence-corrected chi connectivity index (χ0v) is 15.6. The normalized spacial score (nSPS) is 13.3. The number of para-hydroxylation sites is 1. The molecule has 0 spiro atoms. The topological polar surface area (TPSA) is 84.4 Å². The van der Waals surface area contributed by atoms with Gasteiger partial charge in [-0.25, -0.2) is 14.8 Å². The van der Waals surface area contributed by atoms with Gasteiger partial charge in [-0.05, 0) is 19.1 Å². The number of hydrogen-bond donors (Lipinski definition) is 1. The molecule has 0 atom stereocenters. The predicted octanol–water partition coefficient (Wildman–Crippen LogP) is 3.46. The fourth-order valence-electron chi connectivity index (χ4n) is 3.02. The van der Waals surface area contributed by atoms with E-state index in [0.29, 0.717) is 36.9 Å². The molecule has 3 heterocycles. The minimum Gasteiger partial charge on any atom is -0.450 e. The van der Waals surface area contributed by atoms with Gasteiger partial charge in [-0.3, -0.25) is 10.1 Å². The second-order valence-electron chi connectivity index (χ2n) is 6.10. The highest BCUT2D eigenvalue weighted by atomic mass is 32.1. The van der Waals surface area contributed by atoms with Crippen LogP contribution in [0.25, 0.3) is 10.9 Å². The summed E-state index contributed by atoms with van der Waals surface area (Å²) >= 11 is 1.37. The third kappa shape index (κ3) is 3.61. The van der Waals surface area contributed by atoms with Crippen molar-refractivity contribution in [3.8, 4) is 0 Å². The Morgan fingerprint density at radius 2 is 2.07 bits per heavy atom. The fraction of sp³-hybridized carbons (Fsp3) is 0.263. The number of ether oxygens (including phenoxy) is 1. The Hall–Kier alpha value is -3.00. The largest absolute Gasteiger partial charge is 0.450 e. The molecule has 4 rings (SSSR count). The van der Waals surface area contributed by atoms with E-state index in [2.05, 4.69) is 15.3 Å². The molecule has 0 saturated carbocycles. The fourth-order valence-corrected chi connectivity index (χ4v) is 4.03. The van der Waals surface area contributed by atoms with Gasteiger partial charge in [0.05, 0.1) is 24.4 Å². The van der Waals surface area contributed by atoms with E-state index in [4.69, 9.17) is 4.74 Å². The third-order valence-electron chi connectivity index (χ3n) is 4.32. The van der Waals surface area contributed by atoms with Crippen molar-refractivity contribution in [2.24, 2.45) is 0 Å². The first kappa shape index (κ1) is 17.4. The molecule has 3 aromatic rings. The summed E-state index contributed by atoms with van der Waals surface area (Å²) in [5.41, 5.74) is 2.16. The van der Waals surface area contributed by atoms with E-state index in [-0.39, 0.29) is 5.91 Å². The molecule has 1 N–H and O–H groups in total. The molecule has 7 nitrogen and oxygen atoms in total. The van der Waals surface area contributed by atoms with Crippen LogP contribution in [0.1, 0.15) is 28.0 Å². The third-order valence-corrected chi connectivity index (χ3v) is 5.32. The van der Waals surface area contributed by atoms with Crippen LogP contribution in [0.2, 0.25) is 0 Å². The molecule has 2 amide bonds. The van der Waals surface area contributed by atoms with Crippen LogP contribution in [-0.2, 0) is 17.7 Å². The molecule has 2 aromatic heterocycles. The Balaban J connectivity index is 1.50. The molecule has 0 fully saturated rings. The summed E-state index contributed by atoms with van der Waals surface area (Å²) in [6.45, 7) is 3.09. The number of benzene rings is 1. The number of hydrogen-bond acceptors (Lipinski definition) is 6. The lowest BCUT2D eigenvalue weighted by molar-refractivity contribution is 0.0730. The van der Waals surface area contributed by atoms with Crippen LogP contribution in [0.4, 0.5) is 9.93 Å². The summed E-state index contributed by atoms with van der Waals surface area (Å²) in [4.78, 5) is 36.1. The monoisotopic (exact) mass is 382 g/mol. The van der Waals surface area contributed by atoms with E-state index in [1.165, 1.54) is 11.3 Å². The van der Waals surface area contributed by atoms with Gasteiger partial charge >= 0.3 is 6.09 Å². The van der Waals surface area contributed by atoms with Crippen LogP contribution in [0.5, 0.6) is 0 Å². The van der Waals surface area contributed by atoms with Gasteiger partial charge in [0.15, 0.2) is 5.13 Å². The maximum Gasteiger partial charge on any atom is 0.413 e. The number of rotatable bonds is 3. The Bertz CT molecular complexity index is 1020.